The maximum absolute atomic E-state index is 7.22. The molecule has 0 fully saturated rings. The van der Waals surface area contributed by atoms with Crippen molar-refractivity contribution < 1.29 is 9.47 Å². The number of rotatable bonds is 2. The minimum absolute atomic E-state index is 0.152. The van der Waals surface area contributed by atoms with Gasteiger partial charge in [0.05, 0.1) is 14.2 Å². The van der Waals surface area contributed by atoms with Crippen molar-refractivity contribution in [1.82, 2.24) is 0 Å². The van der Waals surface area contributed by atoms with Gasteiger partial charge in [-0.3, -0.25) is 5.41 Å². The van der Waals surface area contributed by atoms with Crippen molar-refractivity contribution in [3.05, 3.63) is 11.3 Å². The van der Waals surface area contributed by atoms with Gasteiger partial charge in [-0.05, 0) is 13.8 Å². The Morgan fingerprint density at radius 3 is 1.90 bits per heavy atom. The standard InChI is InChI=1S/C7H13NO2/c1-5(6(2)9-3)7(8)10-4/h8H,1-4H3/b6-5+,8-7?. The minimum Gasteiger partial charge on any atom is -0.501 e. The highest BCUT2D eigenvalue weighted by atomic mass is 16.5. The highest BCUT2D eigenvalue weighted by Gasteiger charge is 2.02. The van der Waals surface area contributed by atoms with Gasteiger partial charge in [0.25, 0.3) is 0 Å². The number of allylic oxidation sites excluding steroid dienone is 1. The first kappa shape index (κ1) is 9.01. The molecule has 0 spiro atoms. The number of methoxy groups -OCH3 is 2. The van der Waals surface area contributed by atoms with Crippen LogP contribution >= 0.6 is 0 Å². The minimum atomic E-state index is 0.152. The Morgan fingerprint density at radius 2 is 1.60 bits per heavy atom. The Kier molecular flexibility index (Phi) is 3.54. The molecular weight excluding hydrogens is 130 g/mol. The fraction of sp³-hybridized carbons (Fsp3) is 0.571. The van der Waals surface area contributed by atoms with Crippen LogP contribution in [-0.2, 0) is 9.47 Å². The Labute approximate surface area is 61.2 Å². The van der Waals surface area contributed by atoms with E-state index in [1.807, 2.05) is 0 Å². The van der Waals surface area contributed by atoms with Crippen LogP contribution in [0.1, 0.15) is 13.8 Å². The number of hydrogen-bond donors (Lipinski definition) is 1. The molecule has 0 aliphatic carbocycles. The van der Waals surface area contributed by atoms with Crippen LogP contribution in [0.15, 0.2) is 11.3 Å². The molecule has 0 radical (unpaired) electrons. The molecule has 0 aliphatic rings. The van der Waals surface area contributed by atoms with Gasteiger partial charge >= 0.3 is 0 Å². The zero-order chi connectivity index (χ0) is 8.15. The molecule has 0 saturated heterocycles. The molecule has 0 aliphatic heterocycles. The third kappa shape index (κ3) is 2.09. The van der Waals surface area contributed by atoms with Crippen LogP contribution in [0.2, 0.25) is 0 Å². The van der Waals surface area contributed by atoms with Gasteiger partial charge < -0.3 is 9.47 Å². The van der Waals surface area contributed by atoms with Crippen molar-refractivity contribution in [2.24, 2.45) is 0 Å². The summed E-state index contributed by atoms with van der Waals surface area (Å²) in [5, 5.41) is 7.22. The Bertz CT molecular complexity index is 161. The largest absolute Gasteiger partial charge is 0.501 e. The van der Waals surface area contributed by atoms with Crippen molar-refractivity contribution in [2.75, 3.05) is 14.2 Å². The molecule has 0 unspecified atom stereocenters. The van der Waals surface area contributed by atoms with Gasteiger partial charge in [-0.15, -0.1) is 0 Å². The third-order valence-electron chi connectivity index (χ3n) is 1.38. The third-order valence-corrected chi connectivity index (χ3v) is 1.38. The Morgan fingerprint density at radius 1 is 1.10 bits per heavy atom. The first-order valence-electron chi connectivity index (χ1n) is 2.97. The highest BCUT2D eigenvalue weighted by molar-refractivity contribution is 5.90. The SMILES string of the molecule is COC(=N)/C(C)=C(\C)OC. The van der Waals surface area contributed by atoms with Crippen LogP contribution in [-0.4, -0.2) is 20.1 Å². The Hall–Kier alpha value is -0.990. The van der Waals surface area contributed by atoms with Gasteiger partial charge in [0.1, 0.15) is 5.76 Å². The van der Waals surface area contributed by atoms with E-state index in [0.29, 0.717) is 5.76 Å². The van der Waals surface area contributed by atoms with Crippen molar-refractivity contribution in [1.29, 1.82) is 5.41 Å². The van der Waals surface area contributed by atoms with E-state index in [9.17, 15) is 0 Å². The molecule has 10 heavy (non-hydrogen) atoms. The number of hydrogen-bond acceptors (Lipinski definition) is 3. The van der Waals surface area contributed by atoms with Crippen molar-refractivity contribution in [2.45, 2.75) is 13.8 Å². The zero-order valence-corrected chi connectivity index (χ0v) is 6.82. The van der Waals surface area contributed by atoms with Crippen LogP contribution in [0.25, 0.3) is 0 Å². The lowest BCUT2D eigenvalue weighted by Gasteiger charge is -2.05. The predicted molar refractivity (Wildman–Crippen MR) is 40.1 cm³/mol. The lowest BCUT2D eigenvalue weighted by atomic mass is 10.2. The zero-order valence-electron chi connectivity index (χ0n) is 6.82. The van der Waals surface area contributed by atoms with Crippen molar-refractivity contribution >= 4 is 5.90 Å². The second-order valence-electron chi connectivity index (χ2n) is 1.92. The normalized spacial score (nSPS) is 12.0. The molecule has 0 saturated carbocycles. The number of ether oxygens (including phenoxy) is 2. The maximum Gasteiger partial charge on any atom is 0.211 e. The van der Waals surface area contributed by atoms with Crippen LogP contribution in [0.3, 0.4) is 0 Å². The van der Waals surface area contributed by atoms with E-state index >= 15 is 0 Å². The second kappa shape index (κ2) is 3.93. The van der Waals surface area contributed by atoms with Crippen molar-refractivity contribution in [3.63, 3.8) is 0 Å². The molecule has 0 aromatic heterocycles. The van der Waals surface area contributed by atoms with Crippen LogP contribution < -0.4 is 0 Å². The molecule has 0 heterocycles. The van der Waals surface area contributed by atoms with Gasteiger partial charge in [-0.1, -0.05) is 0 Å². The predicted octanol–water partition coefficient (Wildman–Crippen LogP) is 1.55. The highest BCUT2D eigenvalue weighted by Crippen LogP contribution is 2.04. The molecular formula is C7H13NO2. The molecule has 3 nitrogen and oxygen atoms in total. The van der Waals surface area contributed by atoms with Crippen LogP contribution in [0, 0.1) is 5.41 Å². The van der Waals surface area contributed by atoms with E-state index in [1.54, 1.807) is 21.0 Å². The maximum atomic E-state index is 7.22. The molecule has 3 heteroatoms. The summed E-state index contributed by atoms with van der Waals surface area (Å²) in [4.78, 5) is 0. The summed E-state index contributed by atoms with van der Waals surface area (Å²) in [6.07, 6.45) is 0. The summed E-state index contributed by atoms with van der Waals surface area (Å²) < 4.78 is 9.57. The van der Waals surface area contributed by atoms with E-state index in [-0.39, 0.29) is 5.90 Å². The molecule has 58 valence electrons. The van der Waals surface area contributed by atoms with Gasteiger partial charge in [0.2, 0.25) is 5.90 Å². The van der Waals surface area contributed by atoms with Crippen LogP contribution in [0.5, 0.6) is 0 Å². The first-order valence-corrected chi connectivity index (χ1v) is 2.97. The van der Waals surface area contributed by atoms with E-state index in [4.69, 9.17) is 10.1 Å². The molecule has 0 amide bonds. The average Bonchev–Trinajstić information content (AvgIpc) is 2.00. The molecule has 0 rings (SSSR count). The fourth-order valence-electron chi connectivity index (χ4n) is 0.466. The topological polar surface area (TPSA) is 42.3 Å². The lowest BCUT2D eigenvalue weighted by molar-refractivity contribution is 0.288. The van der Waals surface area contributed by atoms with E-state index in [1.165, 1.54) is 7.11 Å². The second-order valence-corrected chi connectivity index (χ2v) is 1.92. The van der Waals surface area contributed by atoms with E-state index in [2.05, 4.69) is 4.74 Å². The lowest BCUT2D eigenvalue weighted by Crippen LogP contribution is -2.03. The summed E-state index contributed by atoms with van der Waals surface area (Å²) in [6, 6.07) is 0. The summed E-state index contributed by atoms with van der Waals surface area (Å²) in [7, 11) is 3.04. The number of nitrogens with one attached hydrogen (secondary N) is 1. The summed E-state index contributed by atoms with van der Waals surface area (Å²) in [6.45, 7) is 3.58. The monoisotopic (exact) mass is 143 g/mol. The van der Waals surface area contributed by atoms with Gasteiger partial charge in [0.15, 0.2) is 0 Å². The summed E-state index contributed by atoms with van der Waals surface area (Å²) >= 11 is 0. The average molecular weight is 143 g/mol. The summed E-state index contributed by atoms with van der Waals surface area (Å²) in [5.41, 5.74) is 0.727. The smallest absolute Gasteiger partial charge is 0.211 e. The van der Waals surface area contributed by atoms with E-state index < -0.39 is 0 Å². The van der Waals surface area contributed by atoms with Gasteiger partial charge in [-0.25, -0.2) is 0 Å². The molecule has 1 N–H and O–H groups in total. The quantitative estimate of drug-likeness (QED) is 0.362. The molecule has 0 aromatic carbocycles. The fourth-order valence-corrected chi connectivity index (χ4v) is 0.466. The summed E-state index contributed by atoms with van der Waals surface area (Å²) in [5.74, 6) is 0.867. The van der Waals surface area contributed by atoms with E-state index in [0.717, 1.165) is 5.57 Å². The van der Waals surface area contributed by atoms with Gasteiger partial charge in [-0.2, -0.15) is 0 Å². The van der Waals surface area contributed by atoms with Gasteiger partial charge in [0, 0.05) is 5.57 Å². The molecule has 0 atom stereocenters. The Balaban J connectivity index is 4.30. The first-order chi connectivity index (χ1) is 4.63. The molecule has 0 bridgehead atoms. The van der Waals surface area contributed by atoms with Crippen molar-refractivity contribution in [3.8, 4) is 0 Å². The molecule has 0 aromatic rings. The van der Waals surface area contributed by atoms with Crippen LogP contribution in [0.4, 0.5) is 0 Å².